The average molecular weight is 276 g/mol. The van der Waals surface area contributed by atoms with Crippen LogP contribution < -0.4 is 0 Å². The summed E-state index contributed by atoms with van der Waals surface area (Å²) in [5.41, 5.74) is 0.846. The van der Waals surface area contributed by atoms with Crippen LogP contribution >= 0.6 is 0 Å². The van der Waals surface area contributed by atoms with Crippen LogP contribution in [0.2, 0.25) is 0 Å². The summed E-state index contributed by atoms with van der Waals surface area (Å²) < 4.78 is 5.33. The maximum absolute atomic E-state index is 12.0. The molecule has 0 radical (unpaired) electrons. The highest BCUT2D eigenvalue weighted by Gasteiger charge is 2.47. The van der Waals surface area contributed by atoms with Gasteiger partial charge in [-0.25, -0.2) is 4.79 Å². The summed E-state index contributed by atoms with van der Waals surface area (Å²) >= 11 is 0. The molecule has 4 aliphatic rings. The lowest BCUT2D eigenvalue weighted by Crippen LogP contribution is -2.44. The average Bonchev–Trinajstić information content (AvgIpc) is 2.42. The summed E-state index contributed by atoms with van der Waals surface area (Å²) in [5, 5.41) is 0. The van der Waals surface area contributed by atoms with Gasteiger partial charge in [-0.15, -0.1) is 0 Å². The predicted molar refractivity (Wildman–Crippen MR) is 80.2 cm³/mol. The third-order valence-corrected chi connectivity index (χ3v) is 5.80. The molecule has 0 atom stereocenters. The first-order chi connectivity index (χ1) is 9.67. The molecule has 4 rings (SSSR count). The van der Waals surface area contributed by atoms with Gasteiger partial charge in [-0.3, -0.25) is 0 Å². The molecule has 0 unspecified atom stereocenters. The van der Waals surface area contributed by atoms with Crippen LogP contribution in [0, 0.1) is 29.6 Å². The molecule has 0 aromatic rings. The molecule has 0 aromatic carbocycles. The molecule has 20 heavy (non-hydrogen) atoms. The van der Waals surface area contributed by atoms with Crippen LogP contribution in [0.15, 0.2) is 11.6 Å². The Kier molecular flexibility index (Phi) is 4.18. The highest BCUT2D eigenvalue weighted by atomic mass is 16.5. The van der Waals surface area contributed by atoms with Gasteiger partial charge < -0.3 is 4.74 Å². The lowest BCUT2D eigenvalue weighted by molar-refractivity contribution is -0.139. The van der Waals surface area contributed by atoms with E-state index in [-0.39, 0.29) is 5.97 Å². The number of rotatable bonds is 5. The third-order valence-electron chi connectivity index (χ3n) is 5.80. The Morgan fingerprint density at radius 3 is 2.25 bits per heavy atom. The monoisotopic (exact) mass is 276 g/mol. The molecule has 4 bridgehead atoms. The Morgan fingerprint density at radius 1 is 1.10 bits per heavy atom. The van der Waals surface area contributed by atoms with Crippen LogP contribution in [0.4, 0.5) is 0 Å². The van der Waals surface area contributed by atoms with Gasteiger partial charge in [0.2, 0.25) is 0 Å². The largest absolute Gasteiger partial charge is 0.462 e. The van der Waals surface area contributed by atoms with Gasteiger partial charge in [0.25, 0.3) is 0 Å². The Bertz CT molecular complexity index is 368. The van der Waals surface area contributed by atoms with Crippen molar-refractivity contribution >= 4 is 5.97 Å². The van der Waals surface area contributed by atoms with E-state index in [0.717, 1.165) is 42.1 Å². The Hall–Kier alpha value is -0.790. The predicted octanol–water partition coefficient (Wildman–Crippen LogP) is 4.35. The number of allylic oxidation sites excluding steroid dienone is 1. The Labute approximate surface area is 123 Å². The van der Waals surface area contributed by atoms with E-state index in [1.165, 1.54) is 32.1 Å². The minimum Gasteiger partial charge on any atom is -0.462 e. The van der Waals surface area contributed by atoms with E-state index in [2.05, 4.69) is 13.0 Å². The first-order valence-electron chi connectivity index (χ1n) is 8.53. The molecular formula is C18H28O2. The lowest BCUT2D eigenvalue weighted by atomic mass is 9.52. The van der Waals surface area contributed by atoms with Crippen molar-refractivity contribution in [3.05, 3.63) is 11.6 Å². The molecule has 2 heteroatoms. The molecule has 4 aliphatic carbocycles. The van der Waals surface area contributed by atoms with Crippen LogP contribution in [0.5, 0.6) is 0 Å². The van der Waals surface area contributed by atoms with Crippen molar-refractivity contribution in [1.82, 2.24) is 0 Å². The second-order valence-corrected chi connectivity index (χ2v) is 7.35. The fourth-order valence-corrected chi connectivity index (χ4v) is 5.02. The number of hydrogen-bond acceptors (Lipinski definition) is 2. The topological polar surface area (TPSA) is 26.3 Å². The number of carbonyl (C=O) groups is 1. The third kappa shape index (κ3) is 2.80. The second kappa shape index (κ2) is 5.91. The van der Waals surface area contributed by atoms with Crippen LogP contribution in [-0.2, 0) is 9.53 Å². The molecule has 0 spiro atoms. The van der Waals surface area contributed by atoms with E-state index >= 15 is 0 Å². The van der Waals surface area contributed by atoms with Crippen molar-refractivity contribution in [1.29, 1.82) is 0 Å². The zero-order valence-corrected chi connectivity index (χ0v) is 12.9. The number of carbonyl (C=O) groups excluding carboxylic acids is 1. The number of esters is 1. The van der Waals surface area contributed by atoms with E-state index in [1.807, 2.05) is 6.92 Å². The number of hydrogen-bond donors (Lipinski definition) is 0. The van der Waals surface area contributed by atoms with Crippen LogP contribution in [-0.4, -0.2) is 12.6 Å². The minimum absolute atomic E-state index is 0.0905. The standard InChI is InChI=1S/C18H28O2/c1-3-4-5-20-18(19)12(2)6-17-15-8-13-7-14(10-15)11-16(17)9-13/h6,13-17H,3-5,7-11H2,1-2H3. The number of ether oxygens (including phenoxy) is 1. The van der Waals surface area contributed by atoms with Crippen molar-refractivity contribution in [2.75, 3.05) is 6.61 Å². The SMILES string of the molecule is CCCCOC(=O)C(C)=CC1C2CC3CC(C2)CC1C3. The van der Waals surface area contributed by atoms with E-state index < -0.39 is 0 Å². The zero-order valence-electron chi connectivity index (χ0n) is 12.9. The van der Waals surface area contributed by atoms with Crippen molar-refractivity contribution in [2.24, 2.45) is 29.6 Å². The first-order valence-corrected chi connectivity index (χ1v) is 8.53. The van der Waals surface area contributed by atoms with Crippen LogP contribution in [0.3, 0.4) is 0 Å². The van der Waals surface area contributed by atoms with Gasteiger partial charge >= 0.3 is 5.97 Å². The molecule has 112 valence electrons. The molecule has 4 fully saturated rings. The summed E-state index contributed by atoms with van der Waals surface area (Å²) in [6.07, 6.45) is 11.4. The van der Waals surface area contributed by atoms with Gasteiger partial charge in [0.15, 0.2) is 0 Å². The lowest BCUT2D eigenvalue weighted by Gasteiger charge is -2.53. The quantitative estimate of drug-likeness (QED) is 0.424. The van der Waals surface area contributed by atoms with Crippen molar-refractivity contribution < 1.29 is 9.53 Å². The van der Waals surface area contributed by atoms with E-state index in [4.69, 9.17) is 4.74 Å². The minimum atomic E-state index is -0.0905. The smallest absolute Gasteiger partial charge is 0.333 e. The Balaban J connectivity index is 1.61. The van der Waals surface area contributed by atoms with E-state index in [0.29, 0.717) is 12.5 Å². The summed E-state index contributed by atoms with van der Waals surface area (Å²) in [4.78, 5) is 12.0. The van der Waals surface area contributed by atoms with Crippen LogP contribution in [0.25, 0.3) is 0 Å². The van der Waals surface area contributed by atoms with Crippen molar-refractivity contribution in [3.8, 4) is 0 Å². The summed E-state index contributed by atoms with van der Waals surface area (Å²) in [6, 6.07) is 0. The summed E-state index contributed by atoms with van der Waals surface area (Å²) in [6.45, 7) is 4.63. The number of unbranched alkanes of at least 4 members (excludes halogenated alkanes) is 1. The van der Waals surface area contributed by atoms with Gasteiger partial charge in [-0.05, 0) is 75.0 Å². The molecule has 4 saturated carbocycles. The van der Waals surface area contributed by atoms with Crippen molar-refractivity contribution in [2.45, 2.75) is 58.8 Å². The van der Waals surface area contributed by atoms with Crippen molar-refractivity contribution in [3.63, 3.8) is 0 Å². The van der Waals surface area contributed by atoms with Crippen LogP contribution in [0.1, 0.15) is 58.8 Å². The fourth-order valence-electron chi connectivity index (χ4n) is 5.02. The molecule has 2 nitrogen and oxygen atoms in total. The Morgan fingerprint density at radius 2 is 1.70 bits per heavy atom. The van der Waals surface area contributed by atoms with Gasteiger partial charge in [0, 0.05) is 5.57 Å². The van der Waals surface area contributed by atoms with Gasteiger partial charge in [-0.2, -0.15) is 0 Å². The maximum atomic E-state index is 12.0. The second-order valence-electron chi connectivity index (χ2n) is 7.35. The van der Waals surface area contributed by atoms with Gasteiger partial charge in [-0.1, -0.05) is 19.4 Å². The molecular weight excluding hydrogens is 248 g/mol. The molecule has 0 amide bonds. The highest BCUT2D eigenvalue weighted by molar-refractivity contribution is 5.87. The molecule has 0 aromatic heterocycles. The zero-order chi connectivity index (χ0) is 14.1. The first kappa shape index (κ1) is 14.2. The van der Waals surface area contributed by atoms with E-state index in [9.17, 15) is 4.79 Å². The summed E-state index contributed by atoms with van der Waals surface area (Å²) in [5.74, 6) is 4.26. The van der Waals surface area contributed by atoms with E-state index in [1.54, 1.807) is 0 Å². The summed E-state index contributed by atoms with van der Waals surface area (Å²) in [7, 11) is 0. The molecule has 0 saturated heterocycles. The molecule has 0 N–H and O–H groups in total. The molecule has 0 aliphatic heterocycles. The van der Waals surface area contributed by atoms with Gasteiger partial charge in [0.05, 0.1) is 6.61 Å². The normalized spacial score (nSPS) is 39.1. The highest BCUT2D eigenvalue weighted by Crippen LogP contribution is 2.57. The van der Waals surface area contributed by atoms with Gasteiger partial charge in [0.1, 0.15) is 0 Å². The molecule has 0 heterocycles. The maximum Gasteiger partial charge on any atom is 0.333 e. The fraction of sp³-hybridized carbons (Fsp3) is 0.833.